The number of hydrogen-bond donors (Lipinski definition) is 1. The first-order valence-electron chi connectivity index (χ1n) is 8.51. The third-order valence-electron chi connectivity index (χ3n) is 4.08. The van der Waals surface area contributed by atoms with Crippen molar-refractivity contribution < 1.29 is 14.5 Å². The van der Waals surface area contributed by atoms with E-state index < -0.39 is 10.5 Å². The molecule has 9 heteroatoms. The number of carbonyl (C=O) groups excluding carboxylic acids is 1. The number of anilines is 1. The fourth-order valence-corrected chi connectivity index (χ4v) is 3.77. The lowest BCUT2D eigenvalue weighted by Gasteiger charge is -2.28. The SMILES string of the molecule is CC(C)(C)OC(=O)N1CCCC1CNc1nc2cc([N+](=O)[O-])ccc2s1. The molecule has 1 fully saturated rings. The minimum atomic E-state index is -0.514. The van der Waals surface area contributed by atoms with E-state index in [2.05, 4.69) is 10.3 Å². The van der Waals surface area contributed by atoms with Gasteiger partial charge in [-0.05, 0) is 39.7 Å². The molecule has 1 aliphatic heterocycles. The Morgan fingerprint density at radius 1 is 1.50 bits per heavy atom. The molecule has 1 N–H and O–H groups in total. The Bertz CT molecular complexity index is 830. The Balaban J connectivity index is 1.65. The van der Waals surface area contributed by atoms with Crippen molar-refractivity contribution in [3.05, 3.63) is 28.3 Å². The first-order valence-corrected chi connectivity index (χ1v) is 9.33. The number of hydrogen-bond acceptors (Lipinski definition) is 7. The highest BCUT2D eigenvalue weighted by atomic mass is 32.1. The molecule has 140 valence electrons. The van der Waals surface area contributed by atoms with Crippen LogP contribution in [0.1, 0.15) is 33.6 Å². The lowest BCUT2D eigenvalue weighted by atomic mass is 10.2. The quantitative estimate of drug-likeness (QED) is 0.637. The van der Waals surface area contributed by atoms with Gasteiger partial charge in [-0.25, -0.2) is 9.78 Å². The summed E-state index contributed by atoms with van der Waals surface area (Å²) >= 11 is 1.44. The van der Waals surface area contributed by atoms with Gasteiger partial charge in [-0.15, -0.1) is 0 Å². The summed E-state index contributed by atoms with van der Waals surface area (Å²) in [5.41, 5.74) is 0.114. The van der Waals surface area contributed by atoms with E-state index in [-0.39, 0.29) is 17.8 Å². The van der Waals surface area contributed by atoms with Crippen LogP contribution in [0.3, 0.4) is 0 Å². The van der Waals surface area contributed by atoms with E-state index in [0.29, 0.717) is 23.7 Å². The van der Waals surface area contributed by atoms with Crippen LogP contribution >= 0.6 is 11.3 Å². The third-order valence-corrected chi connectivity index (χ3v) is 5.07. The van der Waals surface area contributed by atoms with Crippen molar-refractivity contribution >= 4 is 38.5 Å². The molecular formula is C17H22N4O4S. The second kappa shape index (κ2) is 7.06. The second-order valence-electron chi connectivity index (χ2n) is 7.28. The standard InChI is InChI=1S/C17H22N4O4S/c1-17(2,3)25-16(22)20-8-4-5-12(20)10-18-15-19-13-9-11(21(23)24)6-7-14(13)26-15/h6-7,9,12H,4-5,8,10H2,1-3H3,(H,18,19). The second-order valence-corrected chi connectivity index (χ2v) is 8.31. The van der Waals surface area contributed by atoms with Gasteiger partial charge in [0.05, 0.1) is 21.2 Å². The zero-order valence-corrected chi connectivity index (χ0v) is 15.8. The van der Waals surface area contributed by atoms with Crippen LogP contribution in [0.5, 0.6) is 0 Å². The van der Waals surface area contributed by atoms with E-state index in [1.54, 1.807) is 11.0 Å². The van der Waals surface area contributed by atoms with Crippen LogP contribution in [-0.4, -0.2) is 45.6 Å². The number of fused-ring (bicyclic) bond motifs is 1. The monoisotopic (exact) mass is 378 g/mol. The topological polar surface area (TPSA) is 97.6 Å². The number of nitrogens with zero attached hydrogens (tertiary/aromatic N) is 3. The number of nitro groups is 1. The van der Waals surface area contributed by atoms with E-state index in [4.69, 9.17) is 4.74 Å². The van der Waals surface area contributed by atoms with Gasteiger partial charge in [-0.1, -0.05) is 11.3 Å². The molecule has 1 aromatic heterocycles. The number of nitrogens with one attached hydrogen (secondary N) is 1. The Labute approximate surface area is 155 Å². The highest BCUT2D eigenvalue weighted by Crippen LogP contribution is 2.29. The summed E-state index contributed by atoms with van der Waals surface area (Å²) < 4.78 is 6.35. The number of nitro benzene ring substituents is 1. The minimum Gasteiger partial charge on any atom is -0.444 e. The lowest BCUT2D eigenvalue weighted by Crippen LogP contribution is -2.42. The molecule has 1 aliphatic rings. The number of amides is 1. The first-order chi connectivity index (χ1) is 12.2. The summed E-state index contributed by atoms with van der Waals surface area (Å²) in [5, 5.41) is 14.8. The zero-order valence-electron chi connectivity index (χ0n) is 15.0. The average Bonchev–Trinajstić information content (AvgIpc) is 3.16. The molecular weight excluding hydrogens is 356 g/mol. The van der Waals surface area contributed by atoms with Crippen molar-refractivity contribution in [2.24, 2.45) is 0 Å². The molecule has 1 aromatic carbocycles. The van der Waals surface area contributed by atoms with E-state index in [9.17, 15) is 14.9 Å². The van der Waals surface area contributed by atoms with Crippen LogP contribution in [0.25, 0.3) is 10.2 Å². The maximum absolute atomic E-state index is 12.3. The molecule has 0 bridgehead atoms. The van der Waals surface area contributed by atoms with E-state index >= 15 is 0 Å². The summed E-state index contributed by atoms with van der Waals surface area (Å²) in [5.74, 6) is 0. The van der Waals surface area contributed by atoms with Gasteiger partial charge in [0.25, 0.3) is 5.69 Å². The number of ether oxygens (including phenoxy) is 1. The smallest absolute Gasteiger partial charge is 0.410 e. The molecule has 8 nitrogen and oxygen atoms in total. The molecule has 0 spiro atoms. The molecule has 0 radical (unpaired) electrons. The van der Waals surface area contributed by atoms with Crippen LogP contribution in [-0.2, 0) is 4.74 Å². The fourth-order valence-electron chi connectivity index (χ4n) is 2.92. The normalized spacial score (nSPS) is 17.5. The van der Waals surface area contributed by atoms with E-state index in [1.807, 2.05) is 20.8 Å². The summed E-state index contributed by atoms with van der Waals surface area (Å²) in [6, 6.07) is 4.70. The molecule has 0 aliphatic carbocycles. The fraction of sp³-hybridized carbons (Fsp3) is 0.529. The molecule has 0 saturated carbocycles. The summed E-state index contributed by atoms with van der Waals surface area (Å²) in [4.78, 5) is 28.9. The number of benzene rings is 1. The maximum Gasteiger partial charge on any atom is 0.410 e. The van der Waals surface area contributed by atoms with Gasteiger partial charge >= 0.3 is 6.09 Å². The highest BCUT2D eigenvalue weighted by Gasteiger charge is 2.32. The first kappa shape index (κ1) is 18.4. The van der Waals surface area contributed by atoms with Gasteiger partial charge < -0.3 is 15.0 Å². The predicted octanol–water partition coefficient (Wildman–Crippen LogP) is 4.02. The Morgan fingerprint density at radius 3 is 2.96 bits per heavy atom. The summed E-state index contributed by atoms with van der Waals surface area (Å²) in [6.07, 6.45) is 1.56. The largest absolute Gasteiger partial charge is 0.444 e. The molecule has 2 heterocycles. The van der Waals surface area contributed by atoms with Crippen molar-refractivity contribution in [1.82, 2.24) is 9.88 Å². The molecule has 26 heavy (non-hydrogen) atoms. The molecule has 1 atom stereocenters. The Morgan fingerprint density at radius 2 is 2.27 bits per heavy atom. The Kier molecular flexibility index (Phi) is 4.99. The number of carbonyl (C=O) groups is 1. The number of rotatable bonds is 4. The van der Waals surface area contributed by atoms with Crippen LogP contribution in [0.15, 0.2) is 18.2 Å². The van der Waals surface area contributed by atoms with Gasteiger partial charge in [-0.2, -0.15) is 0 Å². The summed E-state index contributed by atoms with van der Waals surface area (Å²) in [6.45, 7) is 6.83. The molecule has 2 aromatic rings. The van der Waals surface area contributed by atoms with E-state index in [1.165, 1.54) is 23.5 Å². The average molecular weight is 378 g/mol. The predicted molar refractivity (Wildman–Crippen MR) is 101 cm³/mol. The van der Waals surface area contributed by atoms with Gasteiger partial charge in [0.1, 0.15) is 5.60 Å². The zero-order chi connectivity index (χ0) is 18.9. The van der Waals surface area contributed by atoms with Crippen LogP contribution in [0.2, 0.25) is 0 Å². The highest BCUT2D eigenvalue weighted by molar-refractivity contribution is 7.22. The van der Waals surface area contributed by atoms with Crippen molar-refractivity contribution in [3.8, 4) is 0 Å². The lowest BCUT2D eigenvalue weighted by molar-refractivity contribution is -0.384. The van der Waals surface area contributed by atoms with Crippen molar-refractivity contribution in [1.29, 1.82) is 0 Å². The third kappa shape index (κ3) is 4.21. The van der Waals surface area contributed by atoms with Crippen molar-refractivity contribution in [2.45, 2.75) is 45.3 Å². The number of thiazole rings is 1. The molecule has 3 rings (SSSR count). The molecule has 1 saturated heterocycles. The van der Waals surface area contributed by atoms with Crippen molar-refractivity contribution in [3.63, 3.8) is 0 Å². The van der Waals surface area contributed by atoms with Gasteiger partial charge in [0.2, 0.25) is 0 Å². The molecule has 1 amide bonds. The van der Waals surface area contributed by atoms with Crippen molar-refractivity contribution in [2.75, 3.05) is 18.4 Å². The van der Waals surface area contributed by atoms with Gasteiger partial charge in [0.15, 0.2) is 5.13 Å². The minimum absolute atomic E-state index is 0.0289. The van der Waals surface area contributed by atoms with Gasteiger partial charge in [-0.3, -0.25) is 10.1 Å². The summed E-state index contributed by atoms with van der Waals surface area (Å²) in [7, 11) is 0. The van der Waals surface area contributed by atoms with E-state index in [0.717, 1.165) is 17.5 Å². The van der Waals surface area contributed by atoms with Gasteiger partial charge in [0, 0.05) is 25.2 Å². The number of aromatic nitrogens is 1. The van der Waals surface area contributed by atoms with Crippen LogP contribution < -0.4 is 5.32 Å². The maximum atomic E-state index is 12.3. The number of likely N-dealkylation sites (tertiary alicyclic amines) is 1. The van der Waals surface area contributed by atoms with Crippen LogP contribution in [0, 0.1) is 10.1 Å². The Hall–Kier alpha value is -2.42. The molecule has 1 unspecified atom stereocenters. The van der Waals surface area contributed by atoms with Crippen LogP contribution in [0.4, 0.5) is 15.6 Å². The number of non-ortho nitro benzene ring substituents is 1.